The number of carbonyl (C=O) groups is 1. The summed E-state index contributed by atoms with van der Waals surface area (Å²) in [7, 11) is 0.383. The van der Waals surface area contributed by atoms with Crippen molar-refractivity contribution in [3.05, 3.63) is 73.4 Å². The van der Waals surface area contributed by atoms with Crippen molar-refractivity contribution in [2.45, 2.75) is 57.8 Å². The summed E-state index contributed by atoms with van der Waals surface area (Å²) in [6, 6.07) is 8.57. The maximum atomic E-state index is 12.3. The average molecular weight is 386 g/mol. The molecule has 1 nitrogen and oxygen atoms in total. The fourth-order valence-electron chi connectivity index (χ4n) is 3.64. The predicted octanol–water partition coefficient (Wildman–Crippen LogP) is 6.88. The van der Waals surface area contributed by atoms with E-state index in [1.54, 1.807) is 6.08 Å². The Kier molecular flexibility index (Phi) is 12.6. The first-order valence-electron chi connectivity index (χ1n) is 10.3. The van der Waals surface area contributed by atoms with Crippen molar-refractivity contribution < 1.29 is 4.79 Å². The molecule has 1 aliphatic heterocycles. The first-order chi connectivity index (χ1) is 13.2. The molecular weight excluding hydrogens is 348 g/mol. The van der Waals surface area contributed by atoms with E-state index in [1.165, 1.54) is 62.0 Å². The SMILES string of the molecule is C=C.C=C/C=C\C.O=C(C[S+]1CCCC1)c1ccc(C2CCCCC2)cc1. The second kappa shape index (κ2) is 14.5. The summed E-state index contributed by atoms with van der Waals surface area (Å²) in [5.74, 6) is 4.47. The van der Waals surface area contributed by atoms with Crippen molar-refractivity contribution in [1.82, 2.24) is 0 Å². The lowest BCUT2D eigenvalue weighted by Crippen LogP contribution is -2.18. The lowest BCUT2D eigenvalue weighted by Gasteiger charge is -2.21. The van der Waals surface area contributed by atoms with Crippen LogP contribution in [0, 0.1) is 0 Å². The molecule has 2 aliphatic rings. The smallest absolute Gasteiger partial charge is 0.211 e. The number of allylic oxidation sites excluding steroid dienone is 3. The molecule has 0 atom stereocenters. The molecule has 0 unspecified atom stereocenters. The van der Waals surface area contributed by atoms with Crippen LogP contribution in [0.2, 0.25) is 0 Å². The molecule has 2 fully saturated rings. The van der Waals surface area contributed by atoms with Gasteiger partial charge in [0.15, 0.2) is 5.75 Å². The zero-order valence-corrected chi connectivity index (χ0v) is 17.9. The van der Waals surface area contributed by atoms with Gasteiger partial charge >= 0.3 is 0 Å². The van der Waals surface area contributed by atoms with Gasteiger partial charge in [-0.2, -0.15) is 0 Å². The largest absolute Gasteiger partial charge is 0.289 e. The Morgan fingerprint density at radius 3 is 2.11 bits per heavy atom. The Bertz CT molecular complexity index is 560. The van der Waals surface area contributed by atoms with E-state index in [9.17, 15) is 4.79 Å². The molecule has 2 heteroatoms. The van der Waals surface area contributed by atoms with Crippen LogP contribution in [0.5, 0.6) is 0 Å². The molecule has 0 bridgehead atoms. The van der Waals surface area contributed by atoms with E-state index in [-0.39, 0.29) is 0 Å². The number of benzene rings is 1. The van der Waals surface area contributed by atoms with E-state index in [0.717, 1.165) is 17.2 Å². The molecule has 148 valence electrons. The zero-order valence-electron chi connectivity index (χ0n) is 17.1. The first-order valence-corrected chi connectivity index (χ1v) is 12.0. The van der Waals surface area contributed by atoms with Crippen molar-refractivity contribution in [3.8, 4) is 0 Å². The highest BCUT2D eigenvalue weighted by Gasteiger charge is 2.27. The predicted molar refractivity (Wildman–Crippen MR) is 124 cm³/mol. The third-order valence-corrected chi connectivity index (χ3v) is 7.49. The Hall–Kier alpha value is -1.54. The van der Waals surface area contributed by atoms with Crippen LogP contribution in [0.25, 0.3) is 0 Å². The molecule has 1 heterocycles. The molecule has 1 aromatic rings. The summed E-state index contributed by atoms with van der Waals surface area (Å²) in [5.41, 5.74) is 2.38. The summed E-state index contributed by atoms with van der Waals surface area (Å²) in [6.45, 7) is 11.4. The molecule has 3 rings (SSSR count). The summed E-state index contributed by atoms with van der Waals surface area (Å²) in [4.78, 5) is 12.3. The highest BCUT2D eigenvalue weighted by atomic mass is 32.2. The quantitative estimate of drug-likeness (QED) is 0.234. The first kappa shape index (κ1) is 23.5. The number of carbonyl (C=O) groups excluding carboxylic acids is 1. The maximum Gasteiger partial charge on any atom is 0.211 e. The number of ketones is 1. The van der Waals surface area contributed by atoms with Crippen LogP contribution in [0.15, 0.2) is 62.2 Å². The third kappa shape index (κ3) is 8.79. The second-order valence-corrected chi connectivity index (χ2v) is 9.34. The highest BCUT2D eigenvalue weighted by molar-refractivity contribution is 7.97. The monoisotopic (exact) mass is 385 g/mol. The van der Waals surface area contributed by atoms with Crippen LogP contribution < -0.4 is 0 Å². The van der Waals surface area contributed by atoms with Gasteiger partial charge in [0.1, 0.15) is 11.5 Å². The fraction of sp³-hybridized carbons (Fsp3) is 0.480. The summed E-state index contributed by atoms with van der Waals surface area (Å²) in [6.07, 6.45) is 15.0. The average Bonchev–Trinajstić information content (AvgIpc) is 3.24. The lowest BCUT2D eigenvalue weighted by atomic mass is 9.84. The van der Waals surface area contributed by atoms with Gasteiger partial charge in [0, 0.05) is 5.56 Å². The molecule has 27 heavy (non-hydrogen) atoms. The van der Waals surface area contributed by atoms with Gasteiger partial charge < -0.3 is 0 Å². The van der Waals surface area contributed by atoms with Gasteiger partial charge in [-0.1, -0.05) is 68.3 Å². The minimum Gasteiger partial charge on any atom is -0.289 e. The highest BCUT2D eigenvalue weighted by Crippen LogP contribution is 2.32. The Morgan fingerprint density at radius 1 is 1.04 bits per heavy atom. The van der Waals surface area contributed by atoms with E-state index < -0.39 is 0 Å². The van der Waals surface area contributed by atoms with E-state index >= 15 is 0 Å². The summed E-state index contributed by atoms with van der Waals surface area (Å²) < 4.78 is 0. The normalized spacial score (nSPS) is 17.5. The Labute approximate surface area is 170 Å². The van der Waals surface area contributed by atoms with Gasteiger partial charge in [-0.3, -0.25) is 4.79 Å². The van der Waals surface area contributed by atoms with Crippen molar-refractivity contribution in [2.75, 3.05) is 17.3 Å². The van der Waals surface area contributed by atoms with E-state index in [4.69, 9.17) is 0 Å². The standard InChI is InChI=1S/C18H25OS.C5H8.C2H4/c19-18(14-20-12-4-5-13-20)17-10-8-16(9-11-17)15-6-2-1-3-7-15;1-3-5-4-2;1-2/h8-11,15H,1-7,12-14H2;3-5H,1H2,2H3;1-2H2/q+1;;/b;5-4-;. The molecule has 1 saturated carbocycles. The van der Waals surface area contributed by atoms with Crippen LogP contribution in [-0.2, 0) is 10.9 Å². The van der Waals surface area contributed by atoms with Gasteiger partial charge in [0.2, 0.25) is 5.78 Å². The van der Waals surface area contributed by atoms with E-state index in [1.807, 2.05) is 19.1 Å². The van der Waals surface area contributed by atoms with Crippen LogP contribution in [-0.4, -0.2) is 23.0 Å². The van der Waals surface area contributed by atoms with Crippen molar-refractivity contribution in [1.29, 1.82) is 0 Å². The van der Waals surface area contributed by atoms with Gasteiger partial charge in [-0.15, -0.1) is 13.2 Å². The summed E-state index contributed by atoms with van der Waals surface area (Å²) >= 11 is 0. The molecule has 1 aromatic carbocycles. The maximum absolute atomic E-state index is 12.3. The van der Waals surface area contributed by atoms with Crippen LogP contribution in [0.3, 0.4) is 0 Å². The van der Waals surface area contributed by atoms with Gasteiger partial charge in [0.25, 0.3) is 0 Å². The Balaban J connectivity index is 0.000000454. The van der Waals surface area contributed by atoms with Crippen LogP contribution in [0.1, 0.15) is 73.7 Å². The second-order valence-electron chi connectivity index (χ2n) is 7.01. The van der Waals surface area contributed by atoms with Crippen molar-refractivity contribution in [3.63, 3.8) is 0 Å². The minimum atomic E-state index is 0.366. The van der Waals surface area contributed by atoms with E-state index in [0.29, 0.717) is 16.7 Å². The van der Waals surface area contributed by atoms with Crippen LogP contribution >= 0.6 is 0 Å². The molecule has 0 radical (unpaired) electrons. The zero-order chi connectivity index (χ0) is 19.9. The molecule has 0 aromatic heterocycles. The Morgan fingerprint density at radius 2 is 1.63 bits per heavy atom. The molecule has 0 spiro atoms. The molecule has 0 amide bonds. The molecular formula is C25H37OS+. The van der Waals surface area contributed by atoms with E-state index in [2.05, 4.69) is 44.0 Å². The number of hydrogen-bond donors (Lipinski definition) is 0. The summed E-state index contributed by atoms with van der Waals surface area (Å²) in [5, 5.41) is 0. The minimum absolute atomic E-state index is 0.366. The fourth-order valence-corrected chi connectivity index (χ4v) is 5.90. The number of Topliss-reactive ketones (excluding diaryl/α,β-unsaturated/α-hetero) is 1. The van der Waals surface area contributed by atoms with Gasteiger partial charge in [-0.05, 0) is 55.0 Å². The molecule has 1 saturated heterocycles. The third-order valence-electron chi connectivity index (χ3n) is 5.09. The van der Waals surface area contributed by atoms with Crippen LogP contribution in [0.4, 0.5) is 0 Å². The topological polar surface area (TPSA) is 17.1 Å². The lowest BCUT2D eigenvalue weighted by molar-refractivity contribution is 0.102. The number of hydrogen-bond acceptors (Lipinski definition) is 1. The van der Waals surface area contributed by atoms with Crippen molar-refractivity contribution in [2.24, 2.45) is 0 Å². The van der Waals surface area contributed by atoms with Gasteiger partial charge in [0.05, 0.1) is 0 Å². The van der Waals surface area contributed by atoms with Crippen molar-refractivity contribution >= 4 is 16.7 Å². The molecule has 0 N–H and O–H groups in total. The van der Waals surface area contributed by atoms with Gasteiger partial charge in [-0.25, -0.2) is 0 Å². The molecule has 1 aliphatic carbocycles. The number of rotatable bonds is 5.